The number of rotatable bonds is 7. The molecule has 0 spiro atoms. The van der Waals surface area contributed by atoms with Crippen molar-refractivity contribution >= 4 is 17.7 Å². The molecule has 0 N–H and O–H groups in total. The van der Waals surface area contributed by atoms with Crippen LogP contribution in [0.1, 0.15) is 52.2 Å². The van der Waals surface area contributed by atoms with E-state index in [1.54, 1.807) is 30.5 Å². The maximum atomic E-state index is 13.1. The van der Waals surface area contributed by atoms with Gasteiger partial charge in [-0.05, 0) is 63.7 Å². The summed E-state index contributed by atoms with van der Waals surface area (Å²) in [5.74, 6) is 0.261. The summed E-state index contributed by atoms with van der Waals surface area (Å²) in [6.45, 7) is 2.62. The fourth-order valence-corrected chi connectivity index (χ4v) is 4.27. The number of piperidine rings is 1. The fraction of sp³-hybridized carbons (Fsp3) is 0.435. The van der Waals surface area contributed by atoms with E-state index < -0.39 is 0 Å². The van der Waals surface area contributed by atoms with Crippen LogP contribution >= 0.6 is 0 Å². The molecule has 7 nitrogen and oxygen atoms in total. The molecule has 1 fully saturated rings. The number of amides is 3. The van der Waals surface area contributed by atoms with Crippen LogP contribution in [0.25, 0.3) is 0 Å². The number of likely N-dealkylation sites (tertiary alicyclic amines) is 1. The van der Waals surface area contributed by atoms with Gasteiger partial charge >= 0.3 is 0 Å². The Kier molecular flexibility index (Phi) is 5.99. The molecule has 7 heteroatoms. The van der Waals surface area contributed by atoms with Crippen LogP contribution in [0.3, 0.4) is 0 Å². The molecule has 3 heterocycles. The van der Waals surface area contributed by atoms with Crippen LogP contribution in [0.15, 0.2) is 47.1 Å². The third-order valence-electron chi connectivity index (χ3n) is 6.01. The van der Waals surface area contributed by atoms with Gasteiger partial charge in [0.25, 0.3) is 11.8 Å². The van der Waals surface area contributed by atoms with Gasteiger partial charge in [0.1, 0.15) is 5.76 Å². The van der Waals surface area contributed by atoms with Crippen molar-refractivity contribution in [1.29, 1.82) is 0 Å². The predicted molar refractivity (Wildman–Crippen MR) is 111 cm³/mol. The first-order chi connectivity index (χ1) is 14.5. The van der Waals surface area contributed by atoms with Crippen molar-refractivity contribution in [2.75, 3.05) is 26.7 Å². The molecule has 2 aliphatic rings. The van der Waals surface area contributed by atoms with Crippen LogP contribution in [-0.2, 0) is 11.3 Å². The number of nitrogens with zero attached hydrogens (tertiary/aromatic N) is 3. The summed E-state index contributed by atoms with van der Waals surface area (Å²) in [5.41, 5.74) is 0.888. The van der Waals surface area contributed by atoms with Gasteiger partial charge in [-0.15, -0.1) is 0 Å². The Morgan fingerprint density at radius 3 is 2.33 bits per heavy atom. The van der Waals surface area contributed by atoms with E-state index in [1.165, 1.54) is 4.90 Å². The van der Waals surface area contributed by atoms with E-state index in [4.69, 9.17) is 4.42 Å². The monoisotopic (exact) mass is 409 g/mol. The molecule has 0 unspecified atom stereocenters. The number of carbonyl (C=O) groups is 3. The van der Waals surface area contributed by atoms with Gasteiger partial charge in [0.05, 0.1) is 23.9 Å². The first kappa shape index (κ1) is 20.3. The number of imide groups is 1. The van der Waals surface area contributed by atoms with E-state index >= 15 is 0 Å². The average molecular weight is 409 g/mol. The maximum Gasteiger partial charge on any atom is 0.261 e. The lowest BCUT2D eigenvalue weighted by Gasteiger charge is -2.37. The minimum atomic E-state index is -0.272. The standard InChI is InChI=1S/C23H27N3O4/c1-24-13-10-17(11-14-24)26(16-18-6-5-15-30-18)21(27)9-4-12-25-22(28)19-7-2-3-8-20(19)23(25)29/h2-3,5-8,15,17H,4,9-14,16H2,1H3. The number of benzene rings is 1. The van der Waals surface area contributed by atoms with Gasteiger partial charge in [-0.3, -0.25) is 19.3 Å². The summed E-state index contributed by atoms with van der Waals surface area (Å²) in [5, 5.41) is 0. The second-order valence-corrected chi connectivity index (χ2v) is 8.05. The van der Waals surface area contributed by atoms with Crippen LogP contribution < -0.4 is 0 Å². The largest absolute Gasteiger partial charge is 0.467 e. The zero-order valence-electron chi connectivity index (χ0n) is 17.3. The Balaban J connectivity index is 1.37. The Hall–Kier alpha value is -2.93. The lowest BCUT2D eigenvalue weighted by molar-refractivity contribution is -0.135. The number of carbonyl (C=O) groups excluding carboxylic acids is 3. The van der Waals surface area contributed by atoms with Crippen molar-refractivity contribution in [3.05, 3.63) is 59.5 Å². The minimum absolute atomic E-state index is 0.0394. The highest BCUT2D eigenvalue weighted by Gasteiger charge is 2.35. The lowest BCUT2D eigenvalue weighted by Crippen LogP contribution is -2.46. The highest BCUT2D eigenvalue weighted by Crippen LogP contribution is 2.24. The molecular weight excluding hydrogens is 382 g/mol. The van der Waals surface area contributed by atoms with E-state index in [0.29, 0.717) is 30.5 Å². The Morgan fingerprint density at radius 2 is 1.73 bits per heavy atom. The number of hydrogen-bond acceptors (Lipinski definition) is 5. The zero-order valence-corrected chi connectivity index (χ0v) is 17.3. The van der Waals surface area contributed by atoms with Crippen molar-refractivity contribution in [2.24, 2.45) is 0 Å². The van der Waals surface area contributed by atoms with Crippen LogP contribution in [0.4, 0.5) is 0 Å². The Labute approximate surface area is 176 Å². The average Bonchev–Trinajstić information content (AvgIpc) is 3.35. The lowest BCUT2D eigenvalue weighted by atomic mass is 10.0. The van der Waals surface area contributed by atoms with E-state index in [0.717, 1.165) is 31.7 Å². The Morgan fingerprint density at radius 1 is 1.07 bits per heavy atom. The van der Waals surface area contributed by atoms with Crippen LogP contribution in [-0.4, -0.2) is 65.1 Å². The maximum absolute atomic E-state index is 13.1. The van der Waals surface area contributed by atoms with Crippen molar-refractivity contribution < 1.29 is 18.8 Å². The van der Waals surface area contributed by atoms with Crippen molar-refractivity contribution in [2.45, 2.75) is 38.3 Å². The van der Waals surface area contributed by atoms with E-state index in [-0.39, 0.29) is 30.3 Å². The summed E-state index contributed by atoms with van der Waals surface area (Å²) in [4.78, 5) is 43.5. The van der Waals surface area contributed by atoms with Crippen molar-refractivity contribution in [3.8, 4) is 0 Å². The third kappa shape index (κ3) is 4.16. The highest BCUT2D eigenvalue weighted by molar-refractivity contribution is 6.21. The molecule has 2 aromatic rings. The zero-order chi connectivity index (χ0) is 21.1. The third-order valence-corrected chi connectivity index (χ3v) is 6.01. The van der Waals surface area contributed by atoms with E-state index in [2.05, 4.69) is 11.9 Å². The molecule has 0 saturated carbocycles. The van der Waals surface area contributed by atoms with Crippen LogP contribution in [0.5, 0.6) is 0 Å². The van der Waals surface area contributed by atoms with Gasteiger partial charge in [-0.1, -0.05) is 12.1 Å². The summed E-state index contributed by atoms with van der Waals surface area (Å²) in [6.07, 6.45) is 4.23. The molecule has 3 amide bonds. The smallest absolute Gasteiger partial charge is 0.261 e. The summed E-state index contributed by atoms with van der Waals surface area (Å²) < 4.78 is 5.47. The van der Waals surface area contributed by atoms with Gasteiger partial charge < -0.3 is 14.2 Å². The molecule has 30 heavy (non-hydrogen) atoms. The minimum Gasteiger partial charge on any atom is -0.467 e. The van der Waals surface area contributed by atoms with E-state index in [9.17, 15) is 14.4 Å². The molecule has 1 aromatic heterocycles. The molecule has 1 saturated heterocycles. The molecule has 0 atom stereocenters. The van der Waals surface area contributed by atoms with Gasteiger partial charge in [0.15, 0.2) is 0 Å². The second-order valence-electron chi connectivity index (χ2n) is 8.05. The summed E-state index contributed by atoms with van der Waals surface area (Å²) in [7, 11) is 2.09. The predicted octanol–water partition coefficient (Wildman–Crippen LogP) is 2.78. The number of fused-ring (bicyclic) bond motifs is 1. The molecular formula is C23H27N3O4. The molecule has 0 radical (unpaired) electrons. The Bertz CT molecular complexity index is 881. The summed E-state index contributed by atoms with van der Waals surface area (Å²) >= 11 is 0. The van der Waals surface area contributed by atoms with Crippen molar-refractivity contribution in [1.82, 2.24) is 14.7 Å². The molecule has 4 rings (SSSR count). The normalized spacial score (nSPS) is 17.4. The van der Waals surface area contributed by atoms with Gasteiger partial charge in [0, 0.05) is 19.0 Å². The first-order valence-corrected chi connectivity index (χ1v) is 10.5. The topological polar surface area (TPSA) is 74.1 Å². The molecule has 1 aromatic carbocycles. The molecule has 0 bridgehead atoms. The number of furan rings is 1. The fourth-order valence-electron chi connectivity index (χ4n) is 4.27. The van der Waals surface area contributed by atoms with Gasteiger partial charge in [0.2, 0.25) is 5.91 Å². The van der Waals surface area contributed by atoms with Crippen molar-refractivity contribution in [3.63, 3.8) is 0 Å². The second kappa shape index (κ2) is 8.83. The quantitative estimate of drug-likeness (QED) is 0.658. The van der Waals surface area contributed by atoms with Gasteiger partial charge in [-0.25, -0.2) is 0 Å². The molecule has 0 aliphatic carbocycles. The number of hydrogen-bond donors (Lipinski definition) is 0. The van der Waals surface area contributed by atoms with E-state index in [1.807, 2.05) is 17.0 Å². The molecule has 158 valence electrons. The van der Waals surface area contributed by atoms with Crippen LogP contribution in [0.2, 0.25) is 0 Å². The van der Waals surface area contributed by atoms with Gasteiger partial charge in [-0.2, -0.15) is 0 Å². The first-order valence-electron chi connectivity index (χ1n) is 10.5. The SMILES string of the molecule is CN1CCC(N(Cc2ccco2)C(=O)CCCN2C(=O)c3ccccc3C2=O)CC1. The summed E-state index contributed by atoms with van der Waals surface area (Å²) in [6, 6.07) is 10.7. The highest BCUT2D eigenvalue weighted by atomic mass is 16.3. The molecule has 2 aliphatic heterocycles. The van der Waals surface area contributed by atoms with Crippen LogP contribution in [0, 0.1) is 0 Å².